The van der Waals surface area contributed by atoms with Gasteiger partial charge in [-0.25, -0.2) is 4.98 Å². The number of nitrogens with zero attached hydrogens (tertiary/aromatic N) is 3. The van der Waals surface area contributed by atoms with Gasteiger partial charge in [0.1, 0.15) is 0 Å². The van der Waals surface area contributed by atoms with Gasteiger partial charge in [0.2, 0.25) is 0 Å². The molecule has 6 nitrogen and oxygen atoms in total. The van der Waals surface area contributed by atoms with Crippen LogP contribution in [0, 0.1) is 0 Å². The maximum atomic E-state index is 12.5. The number of aromatic amines is 1. The summed E-state index contributed by atoms with van der Waals surface area (Å²) in [5.41, 5.74) is 1.99. The summed E-state index contributed by atoms with van der Waals surface area (Å²) in [7, 11) is -3.33. The van der Waals surface area contributed by atoms with Crippen molar-refractivity contribution in [3.63, 3.8) is 0 Å². The van der Waals surface area contributed by atoms with Gasteiger partial charge in [0.15, 0.2) is 0 Å². The largest absolute Gasteiger partial charge is 0.351 e. The summed E-state index contributed by atoms with van der Waals surface area (Å²) in [5.74, 6) is 0. The molecular weight excluding hydrogens is 300 g/mol. The van der Waals surface area contributed by atoms with E-state index in [0.717, 1.165) is 24.1 Å². The molecule has 0 unspecified atom stereocenters. The molecule has 1 aromatic carbocycles. The van der Waals surface area contributed by atoms with Crippen LogP contribution in [0.25, 0.3) is 0 Å². The number of aryl methyl sites for hydroxylation is 1. The molecule has 0 bridgehead atoms. The van der Waals surface area contributed by atoms with Crippen LogP contribution in [0.2, 0.25) is 0 Å². The molecular formula is C15H20N4O2S. The molecule has 3 rings (SSSR count). The topological polar surface area (TPSA) is 69.3 Å². The fourth-order valence-electron chi connectivity index (χ4n) is 2.66. The highest BCUT2D eigenvalue weighted by molar-refractivity contribution is 7.87. The number of aromatic nitrogens is 2. The molecule has 1 aliphatic heterocycles. The Bertz CT molecular complexity index is 686. The minimum Gasteiger partial charge on any atom is -0.351 e. The fourth-order valence-corrected chi connectivity index (χ4v) is 4.28. The third kappa shape index (κ3) is 3.37. The average molecular weight is 320 g/mol. The van der Waals surface area contributed by atoms with E-state index in [0.29, 0.717) is 26.2 Å². The molecule has 0 atom stereocenters. The number of hydrogen-bond acceptors (Lipinski definition) is 3. The highest BCUT2D eigenvalue weighted by Gasteiger charge is 2.35. The summed E-state index contributed by atoms with van der Waals surface area (Å²) in [6.45, 7) is 2.11. The predicted molar refractivity (Wildman–Crippen MR) is 84.3 cm³/mol. The van der Waals surface area contributed by atoms with Crippen molar-refractivity contribution >= 4 is 10.2 Å². The number of H-pyrrole nitrogens is 1. The second-order valence-corrected chi connectivity index (χ2v) is 7.32. The highest BCUT2D eigenvalue weighted by atomic mass is 32.2. The van der Waals surface area contributed by atoms with Crippen LogP contribution >= 0.6 is 0 Å². The quantitative estimate of drug-likeness (QED) is 0.875. The van der Waals surface area contributed by atoms with Crippen LogP contribution in [0.1, 0.15) is 17.7 Å². The van der Waals surface area contributed by atoms with E-state index in [4.69, 9.17) is 0 Å². The number of nitrogens with one attached hydrogen (secondary N) is 1. The first-order valence-electron chi connectivity index (χ1n) is 7.43. The Kier molecular flexibility index (Phi) is 4.56. The van der Waals surface area contributed by atoms with Crippen molar-refractivity contribution in [3.8, 4) is 0 Å². The molecule has 22 heavy (non-hydrogen) atoms. The van der Waals surface area contributed by atoms with E-state index in [1.165, 1.54) is 0 Å². The van der Waals surface area contributed by atoms with Crippen molar-refractivity contribution in [1.29, 1.82) is 0 Å². The van der Waals surface area contributed by atoms with Gasteiger partial charge in [-0.2, -0.15) is 17.0 Å². The Labute approximate surface area is 131 Å². The van der Waals surface area contributed by atoms with Crippen molar-refractivity contribution in [1.82, 2.24) is 18.6 Å². The molecule has 1 aliphatic rings. The molecule has 0 radical (unpaired) electrons. The summed E-state index contributed by atoms with van der Waals surface area (Å²) < 4.78 is 28.2. The molecule has 118 valence electrons. The van der Waals surface area contributed by atoms with Crippen LogP contribution in [0.4, 0.5) is 0 Å². The zero-order valence-corrected chi connectivity index (χ0v) is 13.2. The molecule has 1 aromatic heterocycles. The van der Waals surface area contributed by atoms with Crippen molar-refractivity contribution in [2.24, 2.45) is 0 Å². The lowest BCUT2D eigenvalue weighted by Crippen LogP contribution is -2.33. The summed E-state index contributed by atoms with van der Waals surface area (Å²) in [6, 6.07) is 9.70. The molecule has 2 heterocycles. The Morgan fingerprint density at radius 3 is 2.64 bits per heavy atom. The van der Waals surface area contributed by atoms with Crippen LogP contribution in [0.15, 0.2) is 42.9 Å². The fraction of sp³-hybridized carbons (Fsp3) is 0.400. The molecule has 2 aromatic rings. The van der Waals surface area contributed by atoms with Gasteiger partial charge >= 0.3 is 0 Å². The summed E-state index contributed by atoms with van der Waals surface area (Å²) >= 11 is 0. The van der Waals surface area contributed by atoms with Gasteiger partial charge in [-0.05, 0) is 18.4 Å². The molecule has 0 saturated carbocycles. The van der Waals surface area contributed by atoms with Gasteiger partial charge in [-0.15, -0.1) is 0 Å². The first-order chi connectivity index (χ1) is 10.7. The van der Waals surface area contributed by atoms with E-state index < -0.39 is 10.2 Å². The zero-order valence-electron chi connectivity index (χ0n) is 12.4. The van der Waals surface area contributed by atoms with Crippen molar-refractivity contribution in [2.75, 3.05) is 19.6 Å². The minimum atomic E-state index is -3.33. The normalized spacial score (nSPS) is 18.7. The van der Waals surface area contributed by atoms with Crippen LogP contribution in [-0.2, 0) is 23.2 Å². The van der Waals surface area contributed by atoms with E-state index in [9.17, 15) is 8.42 Å². The Balaban J connectivity index is 1.56. The number of imidazole rings is 1. The SMILES string of the molecule is O=S1(=O)N(CCCc2c[nH]cn2)CCN1Cc1ccccc1. The van der Waals surface area contributed by atoms with Crippen LogP contribution in [-0.4, -0.2) is 46.6 Å². The van der Waals surface area contributed by atoms with Crippen LogP contribution < -0.4 is 0 Å². The minimum absolute atomic E-state index is 0.443. The number of hydrogen-bond donors (Lipinski definition) is 1. The number of benzene rings is 1. The monoisotopic (exact) mass is 320 g/mol. The van der Waals surface area contributed by atoms with E-state index in [2.05, 4.69) is 9.97 Å². The Morgan fingerprint density at radius 2 is 1.91 bits per heavy atom. The van der Waals surface area contributed by atoms with Crippen LogP contribution in [0.5, 0.6) is 0 Å². The summed E-state index contributed by atoms with van der Waals surface area (Å²) in [4.78, 5) is 7.06. The zero-order chi connectivity index (χ0) is 15.4. The van der Waals surface area contributed by atoms with Crippen LogP contribution in [0.3, 0.4) is 0 Å². The van der Waals surface area contributed by atoms with E-state index in [-0.39, 0.29) is 0 Å². The average Bonchev–Trinajstić information content (AvgIpc) is 3.11. The second kappa shape index (κ2) is 6.60. The van der Waals surface area contributed by atoms with E-state index in [1.54, 1.807) is 14.9 Å². The third-order valence-electron chi connectivity index (χ3n) is 3.85. The lowest BCUT2D eigenvalue weighted by atomic mass is 10.2. The summed E-state index contributed by atoms with van der Waals surface area (Å²) in [6.07, 6.45) is 5.06. The van der Waals surface area contributed by atoms with E-state index >= 15 is 0 Å². The van der Waals surface area contributed by atoms with Gasteiger partial charge < -0.3 is 4.98 Å². The molecule has 1 fully saturated rings. The molecule has 1 saturated heterocycles. The maximum Gasteiger partial charge on any atom is 0.282 e. The molecule has 1 N–H and O–H groups in total. The van der Waals surface area contributed by atoms with Crippen molar-refractivity contribution in [2.45, 2.75) is 19.4 Å². The molecule has 0 spiro atoms. The number of rotatable bonds is 6. The summed E-state index contributed by atoms with van der Waals surface area (Å²) in [5, 5.41) is 0. The highest BCUT2D eigenvalue weighted by Crippen LogP contribution is 2.20. The Hall–Kier alpha value is -1.70. The van der Waals surface area contributed by atoms with Gasteiger partial charge in [0.05, 0.1) is 12.0 Å². The maximum absolute atomic E-state index is 12.5. The standard InChI is InChI=1S/C15H20N4O2S/c20-22(21)18(8-4-7-15-11-16-13-17-15)9-10-19(22)12-14-5-2-1-3-6-14/h1-3,5-6,11,13H,4,7-10,12H2,(H,16,17). The van der Waals surface area contributed by atoms with Gasteiger partial charge in [-0.3, -0.25) is 0 Å². The lowest BCUT2D eigenvalue weighted by Gasteiger charge is -2.18. The molecule has 0 amide bonds. The lowest BCUT2D eigenvalue weighted by molar-refractivity contribution is 0.435. The smallest absolute Gasteiger partial charge is 0.282 e. The van der Waals surface area contributed by atoms with Crippen molar-refractivity contribution < 1.29 is 8.42 Å². The third-order valence-corrected chi connectivity index (χ3v) is 5.83. The first kappa shape index (κ1) is 15.2. The Morgan fingerprint density at radius 1 is 1.14 bits per heavy atom. The van der Waals surface area contributed by atoms with Crippen molar-refractivity contribution in [3.05, 3.63) is 54.1 Å². The van der Waals surface area contributed by atoms with Gasteiger partial charge in [-0.1, -0.05) is 30.3 Å². The predicted octanol–water partition coefficient (Wildman–Crippen LogP) is 1.40. The second-order valence-electron chi connectivity index (χ2n) is 5.39. The van der Waals surface area contributed by atoms with E-state index in [1.807, 2.05) is 36.5 Å². The first-order valence-corrected chi connectivity index (χ1v) is 8.83. The molecule has 7 heteroatoms. The van der Waals surface area contributed by atoms with Gasteiger partial charge in [0, 0.05) is 32.4 Å². The van der Waals surface area contributed by atoms with Gasteiger partial charge in [0.25, 0.3) is 10.2 Å². The molecule has 0 aliphatic carbocycles.